The summed E-state index contributed by atoms with van der Waals surface area (Å²) in [7, 11) is 1.37. The molecule has 0 unspecified atom stereocenters. The van der Waals surface area contributed by atoms with Gasteiger partial charge in [0.25, 0.3) is 0 Å². The molecule has 1 N–H and O–H groups in total. The minimum atomic E-state index is -0.353. The van der Waals surface area contributed by atoms with E-state index in [1.54, 1.807) is 12.1 Å². The molecule has 3 rings (SSSR count). The summed E-state index contributed by atoms with van der Waals surface area (Å²) in [6.45, 7) is 4.90. The van der Waals surface area contributed by atoms with Gasteiger partial charge < -0.3 is 19.7 Å². The number of aromatic nitrogens is 2. The fraction of sp³-hybridized carbons (Fsp3) is 0.353. The van der Waals surface area contributed by atoms with Crippen LogP contribution in [0.4, 0.5) is 17.5 Å². The number of rotatable bonds is 4. The molecule has 1 aromatic carbocycles. The molecule has 0 spiro atoms. The predicted molar refractivity (Wildman–Crippen MR) is 90.9 cm³/mol. The molecular weight excluding hydrogens is 308 g/mol. The molecule has 0 amide bonds. The molecule has 1 aliphatic rings. The number of anilines is 3. The number of ether oxygens (including phenoxy) is 2. The second-order valence-corrected chi connectivity index (χ2v) is 5.49. The smallest absolute Gasteiger partial charge is 0.337 e. The number of benzene rings is 1. The highest BCUT2D eigenvalue weighted by Gasteiger charge is 2.15. The van der Waals surface area contributed by atoms with Gasteiger partial charge in [-0.25, -0.2) is 9.78 Å². The van der Waals surface area contributed by atoms with Crippen LogP contribution < -0.4 is 10.2 Å². The summed E-state index contributed by atoms with van der Waals surface area (Å²) >= 11 is 0. The van der Waals surface area contributed by atoms with Gasteiger partial charge in [0.05, 0.1) is 25.9 Å². The lowest BCUT2D eigenvalue weighted by Crippen LogP contribution is -2.37. The van der Waals surface area contributed by atoms with Crippen molar-refractivity contribution in [1.82, 2.24) is 9.97 Å². The van der Waals surface area contributed by atoms with E-state index < -0.39 is 0 Å². The molecule has 0 aliphatic carbocycles. The molecule has 1 aromatic heterocycles. The number of morpholine rings is 1. The van der Waals surface area contributed by atoms with Crippen LogP contribution in [0.1, 0.15) is 16.1 Å². The fourth-order valence-corrected chi connectivity index (χ4v) is 2.48. The normalized spacial score (nSPS) is 14.3. The number of nitrogens with one attached hydrogen (secondary N) is 1. The predicted octanol–water partition coefficient (Wildman–Crippen LogP) is 2.15. The second kappa shape index (κ2) is 7.27. The van der Waals surface area contributed by atoms with Crippen LogP contribution in [0.3, 0.4) is 0 Å². The maximum absolute atomic E-state index is 11.5. The zero-order valence-corrected chi connectivity index (χ0v) is 13.8. The monoisotopic (exact) mass is 328 g/mol. The van der Waals surface area contributed by atoms with Gasteiger partial charge >= 0.3 is 5.97 Å². The molecule has 24 heavy (non-hydrogen) atoms. The molecule has 1 aliphatic heterocycles. The Bertz CT molecular complexity index is 712. The molecular formula is C17H20N4O3. The largest absolute Gasteiger partial charge is 0.465 e. The zero-order chi connectivity index (χ0) is 16.9. The summed E-state index contributed by atoms with van der Waals surface area (Å²) in [6.07, 6.45) is 0. The number of esters is 1. The Morgan fingerprint density at radius 2 is 1.92 bits per heavy atom. The van der Waals surface area contributed by atoms with Gasteiger partial charge in [-0.3, -0.25) is 0 Å². The third-order valence-corrected chi connectivity index (χ3v) is 3.71. The van der Waals surface area contributed by atoms with Gasteiger partial charge in [0.15, 0.2) is 0 Å². The van der Waals surface area contributed by atoms with Gasteiger partial charge in [0.1, 0.15) is 5.82 Å². The van der Waals surface area contributed by atoms with Crippen molar-refractivity contribution >= 4 is 23.4 Å². The van der Waals surface area contributed by atoms with Crippen molar-refractivity contribution in [2.75, 3.05) is 43.6 Å². The van der Waals surface area contributed by atoms with Gasteiger partial charge in [-0.2, -0.15) is 4.98 Å². The zero-order valence-electron chi connectivity index (χ0n) is 13.8. The van der Waals surface area contributed by atoms with Crippen molar-refractivity contribution in [3.05, 3.63) is 41.6 Å². The van der Waals surface area contributed by atoms with Crippen molar-refractivity contribution in [2.24, 2.45) is 0 Å². The van der Waals surface area contributed by atoms with Crippen LogP contribution in [0.2, 0.25) is 0 Å². The first-order chi connectivity index (χ1) is 11.7. The van der Waals surface area contributed by atoms with Crippen LogP contribution in [-0.4, -0.2) is 49.4 Å². The lowest BCUT2D eigenvalue weighted by atomic mass is 10.2. The molecule has 0 bridgehead atoms. The van der Waals surface area contributed by atoms with E-state index in [2.05, 4.69) is 20.2 Å². The van der Waals surface area contributed by atoms with Crippen molar-refractivity contribution in [2.45, 2.75) is 6.92 Å². The number of hydrogen-bond acceptors (Lipinski definition) is 7. The molecule has 0 radical (unpaired) electrons. The molecule has 7 nitrogen and oxygen atoms in total. The van der Waals surface area contributed by atoms with Crippen LogP contribution in [-0.2, 0) is 9.47 Å². The number of methoxy groups -OCH3 is 1. The van der Waals surface area contributed by atoms with E-state index in [0.29, 0.717) is 24.7 Å². The van der Waals surface area contributed by atoms with Crippen molar-refractivity contribution < 1.29 is 14.3 Å². The lowest BCUT2D eigenvalue weighted by Gasteiger charge is -2.27. The lowest BCUT2D eigenvalue weighted by molar-refractivity contribution is 0.0601. The van der Waals surface area contributed by atoms with Crippen LogP contribution in [0.5, 0.6) is 0 Å². The van der Waals surface area contributed by atoms with Crippen LogP contribution in [0.25, 0.3) is 0 Å². The van der Waals surface area contributed by atoms with E-state index in [0.717, 1.165) is 30.3 Å². The molecule has 2 aromatic rings. The number of carbonyl (C=O) groups excluding carboxylic acids is 1. The summed E-state index contributed by atoms with van der Waals surface area (Å²) < 4.78 is 10.1. The van der Waals surface area contributed by atoms with Gasteiger partial charge in [0, 0.05) is 30.5 Å². The van der Waals surface area contributed by atoms with Crippen molar-refractivity contribution in [3.63, 3.8) is 0 Å². The van der Waals surface area contributed by atoms with Crippen molar-refractivity contribution in [3.8, 4) is 0 Å². The first-order valence-electron chi connectivity index (χ1n) is 7.79. The van der Waals surface area contributed by atoms with E-state index in [9.17, 15) is 4.79 Å². The van der Waals surface area contributed by atoms with Gasteiger partial charge in [-0.15, -0.1) is 0 Å². The maximum Gasteiger partial charge on any atom is 0.337 e. The minimum Gasteiger partial charge on any atom is -0.465 e. The molecule has 0 atom stereocenters. The number of hydrogen-bond donors (Lipinski definition) is 1. The first kappa shape index (κ1) is 16.2. The molecule has 126 valence electrons. The highest BCUT2D eigenvalue weighted by molar-refractivity contribution is 5.89. The highest BCUT2D eigenvalue weighted by Crippen LogP contribution is 2.19. The Morgan fingerprint density at radius 1 is 1.21 bits per heavy atom. The van der Waals surface area contributed by atoms with Gasteiger partial charge in [0.2, 0.25) is 5.95 Å². The van der Waals surface area contributed by atoms with E-state index in [-0.39, 0.29) is 5.97 Å². The topological polar surface area (TPSA) is 76.6 Å². The summed E-state index contributed by atoms with van der Waals surface area (Å²) in [5.74, 6) is 1.07. The minimum absolute atomic E-state index is 0.353. The highest BCUT2D eigenvalue weighted by atomic mass is 16.5. The quantitative estimate of drug-likeness (QED) is 0.862. The molecule has 1 saturated heterocycles. The Labute approximate surface area is 140 Å². The number of carbonyl (C=O) groups is 1. The summed E-state index contributed by atoms with van der Waals surface area (Å²) in [6, 6.07) is 8.95. The van der Waals surface area contributed by atoms with Crippen molar-refractivity contribution in [1.29, 1.82) is 0 Å². The number of aryl methyl sites for hydroxylation is 1. The Kier molecular flexibility index (Phi) is 4.90. The van der Waals surface area contributed by atoms with Crippen LogP contribution >= 0.6 is 0 Å². The standard InChI is InChI=1S/C17H20N4O3/c1-12-11-15(20-17(18-12)21-7-9-24-10-8-21)19-14-5-3-13(4-6-14)16(22)23-2/h3-6,11H,7-10H2,1-2H3,(H,18,19,20). The van der Waals surface area contributed by atoms with Gasteiger partial charge in [-0.05, 0) is 31.2 Å². The van der Waals surface area contributed by atoms with Gasteiger partial charge in [-0.1, -0.05) is 0 Å². The second-order valence-electron chi connectivity index (χ2n) is 5.49. The van der Waals surface area contributed by atoms with Crippen LogP contribution in [0.15, 0.2) is 30.3 Å². The summed E-state index contributed by atoms with van der Waals surface area (Å²) in [5, 5.41) is 3.25. The number of nitrogens with zero attached hydrogens (tertiary/aromatic N) is 3. The average molecular weight is 328 g/mol. The van der Waals surface area contributed by atoms with E-state index in [1.165, 1.54) is 7.11 Å². The summed E-state index contributed by atoms with van der Waals surface area (Å²) in [5.41, 5.74) is 2.24. The third kappa shape index (κ3) is 3.80. The Hall–Kier alpha value is -2.67. The first-order valence-corrected chi connectivity index (χ1v) is 7.79. The van der Waals surface area contributed by atoms with E-state index in [4.69, 9.17) is 9.47 Å². The Balaban J connectivity index is 1.77. The molecule has 0 saturated carbocycles. The third-order valence-electron chi connectivity index (χ3n) is 3.71. The van der Waals surface area contributed by atoms with E-state index >= 15 is 0 Å². The molecule has 2 heterocycles. The fourth-order valence-electron chi connectivity index (χ4n) is 2.48. The maximum atomic E-state index is 11.5. The Morgan fingerprint density at radius 3 is 2.58 bits per heavy atom. The average Bonchev–Trinajstić information content (AvgIpc) is 2.62. The van der Waals surface area contributed by atoms with Crippen LogP contribution in [0, 0.1) is 6.92 Å². The molecule has 7 heteroatoms. The summed E-state index contributed by atoms with van der Waals surface area (Å²) in [4.78, 5) is 22.7. The molecule has 1 fully saturated rings. The van der Waals surface area contributed by atoms with E-state index in [1.807, 2.05) is 25.1 Å². The SMILES string of the molecule is COC(=O)c1ccc(Nc2cc(C)nc(N3CCOCC3)n2)cc1.